The molecule has 0 bridgehead atoms. The van der Waals surface area contributed by atoms with Gasteiger partial charge in [-0.2, -0.15) is 0 Å². The summed E-state index contributed by atoms with van der Waals surface area (Å²) in [4.78, 5) is 0. The van der Waals surface area contributed by atoms with Crippen LogP contribution in [0.15, 0.2) is 24.8 Å². The van der Waals surface area contributed by atoms with E-state index in [0.717, 1.165) is 6.42 Å². The molecule has 0 amide bonds. The van der Waals surface area contributed by atoms with Crippen LogP contribution in [-0.2, 0) is 0 Å². The van der Waals surface area contributed by atoms with Gasteiger partial charge >= 0.3 is 0 Å². The molecule has 1 nitrogen and oxygen atoms in total. The minimum Gasteiger partial charge on any atom is -0.344 e. The van der Waals surface area contributed by atoms with Crippen molar-refractivity contribution >= 4 is 0 Å². The zero-order valence-corrected chi connectivity index (χ0v) is 4.85. The molecule has 3 N–H and O–H groups in total. The lowest BCUT2D eigenvalue weighted by molar-refractivity contribution is 1.22. The van der Waals surface area contributed by atoms with Crippen LogP contribution >= 0.6 is 0 Å². The average Bonchev–Trinajstić information content (AvgIpc) is 1.61. The first-order valence-electron chi connectivity index (χ1n) is 2.19. The highest BCUT2D eigenvalue weighted by atomic mass is 14.0. The summed E-state index contributed by atoms with van der Waals surface area (Å²) < 4.78 is 0. The average molecular weight is 99.2 g/mol. The van der Waals surface area contributed by atoms with Gasteiger partial charge in [-0.25, -0.2) is 0 Å². The predicted molar refractivity (Wildman–Crippen MR) is 34.7 cm³/mol. The predicted octanol–water partition coefficient (Wildman–Crippen LogP) is 2.30. The van der Waals surface area contributed by atoms with Gasteiger partial charge in [-0.15, -0.1) is 0 Å². The number of hydrogen-bond donors (Lipinski definition) is 1. The van der Waals surface area contributed by atoms with Crippen molar-refractivity contribution in [1.29, 1.82) is 0 Å². The standard InChI is InChI=1S/C6H10.H3N/c1-3-5-6-4-2;/h3,5-6H,1,4H2,2H3;1H3. The summed E-state index contributed by atoms with van der Waals surface area (Å²) in [5.41, 5.74) is 0. The van der Waals surface area contributed by atoms with Crippen LogP contribution in [0.2, 0.25) is 0 Å². The fourth-order valence-electron chi connectivity index (χ4n) is 0.232. The number of hydrogen-bond acceptors (Lipinski definition) is 1. The number of allylic oxidation sites excluding steroid dienone is 3. The molecule has 0 radical (unpaired) electrons. The van der Waals surface area contributed by atoms with E-state index in [2.05, 4.69) is 19.6 Å². The Morgan fingerprint density at radius 3 is 2.29 bits per heavy atom. The third kappa shape index (κ3) is 10.8. The fourth-order valence-corrected chi connectivity index (χ4v) is 0.232. The first kappa shape index (κ1) is 9.67. The van der Waals surface area contributed by atoms with Crippen LogP contribution in [0.25, 0.3) is 0 Å². The van der Waals surface area contributed by atoms with Crippen molar-refractivity contribution in [3.63, 3.8) is 0 Å². The summed E-state index contributed by atoms with van der Waals surface area (Å²) in [6, 6.07) is 0. The molecule has 0 saturated heterocycles. The van der Waals surface area contributed by atoms with Gasteiger partial charge in [0.25, 0.3) is 0 Å². The molecule has 0 aromatic heterocycles. The maximum atomic E-state index is 3.51. The minimum absolute atomic E-state index is 0. The monoisotopic (exact) mass is 99.1 g/mol. The highest BCUT2D eigenvalue weighted by molar-refractivity contribution is 4.96. The van der Waals surface area contributed by atoms with E-state index in [1.807, 2.05) is 6.08 Å². The Labute approximate surface area is 45.3 Å². The van der Waals surface area contributed by atoms with Crippen molar-refractivity contribution in [3.05, 3.63) is 24.8 Å². The Balaban J connectivity index is 0. The van der Waals surface area contributed by atoms with Crippen LogP contribution < -0.4 is 6.15 Å². The summed E-state index contributed by atoms with van der Waals surface area (Å²) in [5, 5.41) is 0. The van der Waals surface area contributed by atoms with E-state index in [4.69, 9.17) is 0 Å². The van der Waals surface area contributed by atoms with Crippen molar-refractivity contribution < 1.29 is 0 Å². The normalized spacial score (nSPS) is 8.14. The fraction of sp³-hybridized carbons (Fsp3) is 0.333. The molecule has 0 aliphatic carbocycles. The zero-order valence-electron chi connectivity index (χ0n) is 4.85. The van der Waals surface area contributed by atoms with E-state index in [1.165, 1.54) is 0 Å². The Hall–Kier alpha value is -0.560. The van der Waals surface area contributed by atoms with Gasteiger partial charge in [0.1, 0.15) is 0 Å². The first-order chi connectivity index (χ1) is 2.91. The summed E-state index contributed by atoms with van der Waals surface area (Å²) >= 11 is 0. The second-order valence-corrected chi connectivity index (χ2v) is 1.07. The first-order valence-corrected chi connectivity index (χ1v) is 2.19. The zero-order chi connectivity index (χ0) is 4.83. The largest absolute Gasteiger partial charge is 0.344 e. The quantitative estimate of drug-likeness (QED) is 0.529. The Bertz CT molecular complexity index is 55.2. The molecular weight excluding hydrogens is 86.1 g/mol. The van der Waals surface area contributed by atoms with Gasteiger partial charge < -0.3 is 6.15 Å². The molecule has 0 aromatic rings. The number of rotatable bonds is 2. The van der Waals surface area contributed by atoms with E-state index in [1.54, 1.807) is 6.08 Å². The molecular formula is C6H13N. The van der Waals surface area contributed by atoms with E-state index >= 15 is 0 Å². The van der Waals surface area contributed by atoms with Crippen LogP contribution in [0.4, 0.5) is 0 Å². The lowest BCUT2D eigenvalue weighted by Crippen LogP contribution is -1.46. The molecule has 42 valence electrons. The van der Waals surface area contributed by atoms with Gasteiger partial charge in [0.2, 0.25) is 0 Å². The van der Waals surface area contributed by atoms with Gasteiger partial charge in [-0.05, 0) is 6.42 Å². The van der Waals surface area contributed by atoms with Crippen LogP contribution in [0, 0.1) is 0 Å². The molecule has 0 spiro atoms. The molecule has 7 heavy (non-hydrogen) atoms. The van der Waals surface area contributed by atoms with Crippen molar-refractivity contribution in [2.24, 2.45) is 0 Å². The second-order valence-electron chi connectivity index (χ2n) is 1.07. The minimum atomic E-state index is 0. The third-order valence-electron chi connectivity index (χ3n) is 0.508. The summed E-state index contributed by atoms with van der Waals surface area (Å²) in [6.45, 7) is 5.61. The topological polar surface area (TPSA) is 35.0 Å². The van der Waals surface area contributed by atoms with Crippen molar-refractivity contribution in [2.75, 3.05) is 0 Å². The summed E-state index contributed by atoms with van der Waals surface area (Å²) in [6.07, 6.45) is 6.89. The van der Waals surface area contributed by atoms with Crippen LogP contribution in [0.1, 0.15) is 13.3 Å². The maximum absolute atomic E-state index is 3.51. The van der Waals surface area contributed by atoms with Crippen molar-refractivity contribution in [1.82, 2.24) is 6.15 Å². The highest BCUT2D eigenvalue weighted by Crippen LogP contribution is 1.76. The van der Waals surface area contributed by atoms with E-state index < -0.39 is 0 Å². The maximum Gasteiger partial charge on any atom is -0.0376 e. The lowest BCUT2D eigenvalue weighted by Gasteiger charge is -1.67. The summed E-state index contributed by atoms with van der Waals surface area (Å²) in [5.74, 6) is 0. The van der Waals surface area contributed by atoms with Gasteiger partial charge in [0.05, 0.1) is 0 Å². The Kier molecular flexibility index (Phi) is 12.5. The second kappa shape index (κ2) is 9.06. The van der Waals surface area contributed by atoms with Crippen LogP contribution in [-0.4, -0.2) is 0 Å². The van der Waals surface area contributed by atoms with Crippen LogP contribution in [0.3, 0.4) is 0 Å². The van der Waals surface area contributed by atoms with Crippen molar-refractivity contribution in [3.8, 4) is 0 Å². The summed E-state index contributed by atoms with van der Waals surface area (Å²) in [7, 11) is 0. The molecule has 0 aliphatic rings. The molecule has 0 unspecified atom stereocenters. The smallest absolute Gasteiger partial charge is 0.0376 e. The molecule has 0 aromatic carbocycles. The van der Waals surface area contributed by atoms with E-state index in [-0.39, 0.29) is 6.15 Å². The van der Waals surface area contributed by atoms with Gasteiger partial charge in [0, 0.05) is 0 Å². The SMILES string of the molecule is C=CC=CCC.N. The van der Waals surface area contributed by atoms with Crippen LogP contribution in [0.5, 0.6) is 0 Å². The van der Waals surface area contributed by atoms with E-state index in [0.29, 0.717) is 0 Å². The van der Waals surface area contributed by atoms with Gasteiger partial charge in [-0.1, -0.05) is 31.7 Å². The van der Waals surface area contributed by atoms with Gasteiger partial charge in [-0.3, -0.25) is 0 Å². The molecule has 0 aliphatic heterocycles. The molecule has 1 heteroatoms. The molecule has 0 fully saturated rings. The third-order valence-corrected chi connectivity index (χ3v) is 0.508. The lowest BCUT2D eigenvalue weighted by atomic mass is 10.4. The molecule has 0 atom stereocenters. The highest BCUT2D eigenvalue weighted by Gasteiger charge is 1.55. The Morgan fingerprint density at radius 2 is 2.14 bits per heavy atom. The molecule has 0 heterocycles. The Morgan fingerprint density at radius 1 is 1.57 bits per heavy atom. The van der Waals surface area contributed by atoms with E-state index in [9.17, 15) is 0 Å². The molecule has 0 rings (SSSR count). The van der Waals surface area contributed by atoms with Gasteiger partial charge in [0.15, 0.2) is 0 Å². The van der Waals surface area contributed by atoms with Crippen molar-refractivity contribution in [2.45, 2.75) is 13.3 Å². The molecule has 0 saturated carbocycles.